The minimum absolute atomic E-state index is 0.816. The van der Waals surface area contributed by atoms with Crippen LogP contribution in [0.1, 0.15) is 19.3 Å². The number of benzene rings is 1. The summed E-state index contributed by atoms with van der Waals surface area (Å²) in [5.41, 5.74) is 7.91. The topological polar surface area (TPSA) is 47.1 Å². The standard InChI is InChI=1S/C14H20N4/c15-13-5-4-6-14-12(13)11-16-18(14)10-9-17-7-2-1-3-8-17/h4-6,11H,1-3,7-10,15H2. The number of hydrogen-bond acceptors (Lipinski definition) is 3. The molecule has 3 rings (SSSR count). The van der Waals surface area contributed by atoms with Gasteiger partial charge in [0.1, 0.15) is 0 Å². The Morgan fingerprint density at radius 2 is 1.94 bits per heavy atom. The maximum absolute atomic E-state index is 5.94. The Bertz CT molecular complexity index is 526. The third-order valence-electron chi connectivity index (χ3n) is 3.80. The lowest BCUT2D eigenvalue weighted by Gasteiger charge is -2.26. The van der Waals surface area contributed by atoms with Crippen molar-refractivity contribution in [1.82, 2.24) is 14.7 Å². The monoisotopic (exact) mass is 244 g/mol. The minimum atomic E-state index is 0.816. The van der Waals surface area contributed by atoms with Crippen LogP contribution in [-0.4, -0.2) is 34.3 Å². The van der Waals surface area contributed by atoms with E-state index in [9.17, 15) is 0 Å². The highest BCUT2D eigenvalue weighted by molar-refractivity contribution is 5.90. The third kappa shape index (κ3) is 2.20. The summed E-state index contributed by atoms with van der Waals surface area (Å²) in [6.07, 6.45) is 5.94. The summed E-state index contributed by atoms with van der Waals surface area (Å²) in [6, 6.07) is 6.02. The molecule has 2 heterocycles. The van der Waals surface area contributed by atoms with Crippen LogP contribution in [0.2, 0.25) is 0 Å². The first-order chi connectivity index (χ1) is 8.84. The largest absolute Gasteiger partial charge is 0.398 e. The van der Waals surface area contributed by atoms with Crippen LogP contribution in [0.5, 0.6) is 0 Å². The van der Waals surface area contributed by atoms with Crippen LogP contribution in [0.4, 0.5) is 5.69 Å². The molecule has 1 aromatic carbocycles. The first-order valence-electron chi connectivity index (χ1n) is 6.77. The number of rotatable bonds is 3. The fourth-order valence-corrected chi connectivity index (χ4v) is 2.72. The molecule has 1 fully saturated rings. The SMILES string of the molecule is Nc1cccc2c1cnn2CCN1CCCCC1. The molecule has 0 unspecified atom stereocenters. The number of fused-ring (bicyclic) bond motifs is 1. The Morgan fingerprint density at radius 3 is 2.78 bits per heavy atom. The van der Waals surface area contributed by atoms with E-state index in [-0.39, 0.29) is 0 Å². The van der Waals surface area contributed by atoms with Gasteiger partial charge in [-0.1, -0.05) is 12.5 Å². The van der Waals surface area contributed by atoms with Crippen LogP contribution >= 0.6 is 0 Å². The molecule has 1 aliphatic heterocycles. The first kappa shape index (κ1) is 11.5. The lowest BCUT2D eigenvalue weighted by molar-refractivity contribution is 0.219. The van der Waals surface area contributed by atoms with Gasteiger partial charge in [0.05, 0.1) is 18.3 Å². The molecule has 0 aliphatic carbocycles. The molecule has 0 amide bonds. The van der Waals surface area contributed by atoms with Gasteiger partial charge in [-0.3, -0.25) is 4.68 Å². The lowest BCUT2D eigenvalue weighted by Crippen LogP contribution is -2.32. The number of likely N-dealkylation sites (tertiary alicyclic amines) is 1. The summed E-state index contributed by atoms with van der Waals surface area (Å²) in [5, 5.41) is 5.52. The molecule has 0 saturated carbocycles. The second kappa shape index (κ2) is 4.98. The van der Waals surface area contributed by atoms with E-state index in [1.54, 1.807) is 0 Å². The summed E-state index contributed by atoms with van der Waals surface area (Å²) in [4.78, 5) is 2.53. The Kier molecular flexibility index (Phi) is 3.19. The van der Waals surface area contributed by atoms with Crippen LogP contribution in [0, 0.1) is 0 Å². The molecule has 0 bridgehead atoms. The van der Waals surface area contributed by atoms with Crippen molar-refractivity contribution in [1.29, 1.82) is 0 Å². The molecule has 96 valence electrons. The van der Waals surface area contributed by atoms with Gasteiger partial charge in [0, 0.05) is 17.6 Å². The number of nitrogens with zero attached hydrogens (tertiary/aromatic N) is 3. The maximum Gasteiger partial charge on any atom is 0.0703 e. The number of piperidine rings is 1. The van der Waals surface area contributed by atoms with Gasteiger partial charge in [0.15, 0.2) is 0 Å². The van der Waals surface area contributed by atoms with Crippen molar-refractivity contribution in [3.63, 3.8) is 0 Å². The molecule has 1 aromatic heterocycles. The Morgan fingerprint density at radius 1 is 1.11 bits per heavy atom. The van der Waals surface area contributed by atoms with Gasteiger partial charge in [0.2, 0.25) is 0 Å². The average Bonchev–Trinajstić information content (AvgIpc) is 2.82. The zero-order chi connectivity index (χ0) is 12.4. The number of nitrogen functional groups attached to an aromatic ring is 1. The van der Waals surface area contributed by atoms with Gasteiger partial charge >= 0.3 is 0 Å². The highest BCUT2D eigenvalue weighted by atomic mass is 15.3. The van der Waals surface area contributed by atoms with Crippen LogP contribution < -0.4 is 5.73 Å². The number of aromatic nitrogens is 2. The van der Waals surface area contributed by atoms with Crippen molar-refractivity contribution >= 4 is 16.6 Å². The quantitative estimate of drug-likeness (QED) is 0.841. The van der Waals surface area contributed by atoms with Gasteiger partial charge in [-0.25, -0.2) is 0 Å². The van der Waals surface area contributed by atoms with Crippen molar-refractivity contribution < 1.29 is 0 Å². The number of anilines is 1. The molecule has 4 nitrogen and oxygen atoms in total. The lowest BCUT2D eigenvalue weighted by atomic mass is 10.1. The van der Waals surface area contributed by atoms with Gasteiger partial charge in [-0.15, -0.1) is 0 Å². The molecule has 1 saturated heterocycles. The second-order valence-corrected chi connectivity index (χ2v) is 5.05. The van der Waals surface area contributed by atoms with Crippen LogP contribution in [0.3, 0.4) is 0 Å². The summed E-state index contributed by atoms with van der Waals surface area (Å²) in [5.74, 6) is 0. The maximum atomic E-state index is 5.94. The van der Waals surface area contributed by atoms with E-state index in [1.807, 2.05) is 18.3 Å². The predicted molar refractivity (Wildman–Crippen MR) is 74.4 cm³/mol. The van der Waals surface area contributed by atoms with E-state index in [2.05, 4.69) is 20.7 Å². The van der Waals surface area contributed by atoms with E-state index in [0.29, 0.717) is 0 Å². The van der Waals surface area contributed by atoms with Crippen LogP contribution in [0.25, 0.3) is 10.9 Å². The zero-order valence-electron chi connectivity index (χ0n) is 10.7. The molecule has 4 heteroatoms. The van der Waals surface area contributed by atoms with Crippen molar-refractivity contribution in [2.24, 2.45) is 0 Å². The van der Waals surface area contributed by atoms with E-state index in [0.717, 1.165) is 29.7 Å². The minimum Gasteiger partial charge on any atom is -0.398 e. The van der Waals surface area contributed by atoms with Gasteiger partial charge in [-0.05, 0) is 38.1 Å². The molecule has 2 N–H and O–H groups in total. The van der Waals surface area contributed by atoms with Crippen molar-refractivity contribution in [2.75, 3.05) is 25.4 Å². The fourth-order valence-electron chi connectivity index (χ4n) is 2.72. The third-order valence-corrected chi connectivity index (χ3v) is 3.80. The van der Waals surface area contributed by atoms with Crippen molar-refractivity contribution in [3.05, 3.63) is 24.4 Å². The Balaban J connectivity index is 1.72. The molecule has 0 spiro atoms. The summed E-state index contributed by atoms with van der Waals surface area (Å²) in [6.45, 7) is 4.52. The van der Waals surface area contributed by atoms with Gasteiger partial charge in [0.25, 0.3) is 0 Å². The van der Waals surface area contributed by atoms with E-state index in [4.69, 9.17) is 5.73 Å². The molecule has 18 heavy (non-hydrogen) atoms. The molecular weight excluding hydrogens is 224 g/mol. The highest BCUT2D eigenvalue weighted by Crippen LogP contribution is 2.20. The van der Waals surface area contributed by atoms with Crippen molar-refractivity contribution in [3.8, 4) is 0 Å². The van der Waals surface area contributed by atoms with E-state index < -0.39 is 0 Å². The van der Waals surface area contributed by atoms with Crippen LogP contribution in [0.15, 0.2) is 24.4 Å². The fraction of sp³-hybridized carbons (Fsp3) is 0.500. The highest BCUT2D eigenvalue weighted by Gasteiger charge is 2.11. The molecule has 1 aliphatic rings. The molecule has 0 radical (unpaired) electrons. The molecule has 0 atom stereocenters. The Hall–Kier alpha value is -1.55. The smallest absolute Gasteiger partial charge is 0.0703 e. The normalized spacial score (nSPS) is 17.3. The molecule has 2 aromatic rings. The van der Waals surface area contributed by atoms with E-state index >= 15 is 0 Å². The summed E-state index contributed by atoms with van der Waals surface area (Å²) < 4.78 is 2.07. The second-order valence-electron chi connectivity index (χ2n) is 5.05. The van der Waals surface area contributed by atoms with Crippen LogP contribution in [-0.2, 0) is 6.54 Å². The predicted octanol–water partition coefficient (Wildman–Crippen LogP) is 2.10. The summed E-state index contributed by atoms with van der Waals surface area (Å²) in [7, 11) is 0. The van der Waals surface area contributed by atoms with Gasteiger partial charge < -0.3 is 10.6 Å². The van der Waals surface area contributed by atoms with Crippen molar-refractivity contribution in [2.45, 2.75) is 25.8 Å². The number of hydrogen-bond donors (Lipinski definition) is 1. The Labute approximate surface area is 107 Å². The average molecular weight is 244 g/mol. The first-order valence-corrected chi connectivity index (χ1v) is 6.77. The van der Waals surface area contributed by atoms with Gasteiger partial charge in [-0.2, -0.15) is 5.10 Å². The zero-order valence-corrected chi connectivity index (χ0v) is 10.7. The molecular formula is C14H20N4. The number of nitrogens with two attached hydrogens (primary N) is 1. The summed E-state index contributed by atoms with van der Waals surface area (Å²) >= 11 is 0. The van der Waals surface area contributed by atoms with E-state index in [1.165, 1.54) is 32.4 Å².